The minimum atomic E-state index is -3.25. The van der Waals surface area contributed by atoms with Crippen molar-refractivity contribution in [3.05, 3.63) is 72.4 Å². The van der Waals surface area contributed by atoms with Crippen LogP contribution >= 0.6 is 0 Å². The van der Waals surface area contributed by atoms with Gasteiger partial charge in [-0.1, -0.05) is 0 Å². The third-order valence-electron chi connectivity index (χ3n) is 4.44. The summed E-state index contributed by atoms with van der Waals surface area (Å²) in [6.07, 6.45) is 4.52. The molecule has 0 spiro atoms. The van der Waals surface area contributed by atoms with Crippen molar-refractivity contribution in [3.63, 3.8) is 0 Å². The number of aromatic nitrogens is 3. The van der Waals surface area contributed by atoms with E-state index in [2.05, 4.69) is 9.97 Å². The number of hydrogen-bond acceptors (Lipinski definition) is 4. The van der Waals surface area contributed by atoms with Gasteiger partial charge in [0.1, 0.15) is 17.7 Å². The highest BCUT2D eigenvalue weighted by atomic mass is 32.2. The highest BCUT2D eigenvalue weighted by Gasteiger charge is 2.11. The predicted octanol–water partition coefficient (Wildman–Crippen LogP) is 3.94. The topological polar surface area (TPSA) is 64.8 Å². The summed E-state index contributed by atoms with van der Waals surface area (Å²) in [5, 5.41) is 0. The van der Waals surface area contributed by atoms with Gasteiger partial charge in [-0.15, -0.1) is 0 Å². The molecule has 4 aromatic rings. The van der Waals surface area contributed by atoms with Crippen LogP contribution in [0.2, 0.25) is 0 Å². The summed E-state index contributed by atoms with van der Waals surface area (Å²) >= 11 is 0. The first-order chi connectivity index (χ1) is 12.8. The number of sulfone groups is 1. The molecule has 0 amide bonds. The zero-order chi connectivity index (χ0) is 19.2. The zero-order valence-electron chi connectivity index (χ0n) is 14.7. The van der Waals surface area contributed by atoms with Crippen LogP contribution in [0.1, 0.15) is 5.56 Å². The molecule has 5 nitrogen and oxygen atoms in total. The molecule has 0 fully saturated rings. The highest BCUT2D eigenvalue weighted by molar-refractivity contribution is 7.90. The number of imidazole rings is 1. The van der Waals surface area contributed by atoms with Crippen LogP contribution in [0.25, 0.3) is 28.0 Å². The Hall–Kier alpha value is -3.06. The molecule has 4 rings (SSSR count). The van der Waals surface area contributed by atoms with Gasteiger partial charge in [-0.05, 0) is 61.0 Å². The van der Waals surface area contributed by atoms with Crippen molar-refractivity contribution in [2.75, 3.05) is 6.26 Å². The fourth-order valence-electron chi connectivity index (χ4n) is 3.03. The summed E-state index contributed by atoms with van der Waals surface area (Å²) in [4.78, 5) is 9.07. The van der Waals surface area contributed by atoms with E-state index in [1.807, 2.05) is 17.6 Å². The van der Waals surface area contributed by atoms with Crippen LogP contribution in [-0.2, 0) is 9.84 Å². The predicted molar refractivity (Wildman–Crippen MR) is 102 cm³/mol. The fourth-order valence-corrected chi connectivity index (χ4v) is 3.66. The Bertz CT molecular complexity index is 1260. The largest absolute Gasteiger partial charge is 0.299 e. The molecule has 0 aliphatic heterocycles. The molecule has 7 heteroatoms. The van der Waals surface area contributed by atoms with Gasteiger partial charge in [0.25, 0.3) is 0 Å². The molecule has 136 valence electrons. The molecule has 0 aliphatic rings. The molecule has 0 N–H and O–H groups in total. The Morgan fingerprint density at radius 2 is 1.74 bits per heavy atom. The highest BCUT2D eigenvalue weighted by Crippen LogP contribution is 2.26. The van der Waals surface area contributed by atoms with Crippen molar-refractivity contribution in [1.82, 2.24) is 14.5 Å². The third kappa shape index (κ3) is 3.21. The second-order valence-electron chi connectivity index (χ2n) is 6.40. The smallest absolute Gasteiger partial charge is 0.175 e. The number of halogens is 1. The molecule has 0 bridgehead atoms. The van der Waals surface area contributed by atoms with Crippen molar-refractivity contribution < 1.29 is 12.8 Å². The zero-order valence-corrected chi connectivity index (χ0v) is 15.5. The molecule has 0 aliphatic carbocycles. The monoisotopic (exact) mass is 381 g/mol. The van der Waals surface area contributed by atoms with Gasteiger partial charge in [0.05, 0.1) is 22.3 Å². The SMILES string of the molecule is Cc1cc(F)ccc1-c1cc2c(cn1)ncn2-c1ccc(S(C)(=O)=O)cc1. The van der Waals surface area contributed by atoms with Gasteiger partial charge in [-0.2, -0.15) is 0 Å². The Kier molecular flexibility index (Phi) is 4.04. The molecule has 2 heterocycles. The summed E-state index contributed by atoms with van der Waals surface area (Å²) in [5.74, 6) is -0.284. The van der Waals surface area contributed by atoms with E-state index in [0.717, 1.165) is 28.0 Å². The van der Waals surface area contributed by atoms with Gasteiger partial charge in [-0.25, -0.2) is 17.8 Å². The lowest BCUT2D eigenvalue weighted by Crippen LogP contribution is -1.98. The fraction of sp³-hybridized carbons (Fsp3) is 0.100. The van der Waals surface area contributed by atoms with Gasteiger partial charge in [0.15, 0.2) is 9.84 Å². The van der Waals surface area contributed by atoms with E-state index in [0.29, 0.717) is 5.52 Å². The van der Waals surface area contributed by atoms with E-state index in [9.17, 15) is 12.8 Å². The summed E-state index contributed by atoms with van der Waals surface area (Å²) < 4.78 is 38.6. The Balaban J connectivity index is 1.83. The van der Waals surface area contributed by atoms with E-state index >= 15 is 0 Å². The maximum absolute atomic E-state index is 13.4. The second-order valence-corrected chi connectivity index (χ2v) is 8.41. The van der Waals surface area contributed by atoms with Gasteiger partial charge < -0.3 is 0 Å². The van der Waals surface area contributed by atoms with Crippen LogP contribution < -0.4 is 0 Å². The van der Waals surface area contributed by atoms with Gasteiger partial charge in [0.2, 0.25) is 0 Å². The average Bonchev–Trinajstić information content (AvgIpc) is 3.04. The maximum Gasteiger partial charge on any atom is 0.175 e. The quantitative estimate of drug-likeness (QED) is 0.539. The van der Waals surface area contributed by atoms with E-state index in [-0.39, 0.29) is 10.7 Å². The van der Waals surface area contributed by atoms with Crippen molar-refractivity contribution in [2.24, 2.45) is 0 Å². The van der Waals surface area contributed by atoms with Crippen LogP contribution in [0.5, 0.6) is 0 Å². The van der Waals surface area contributed by atoms with Crippen LogP contribution in [0, 0.1) is 12.7 Å². The maximum atomic E-state index is 13.4. The molecule has 0 saturated heterocycles. The van der Waals surface area contributed by atoms with Crippen LogP contribution in [0.15, 0.2) is 66.0 Å². The van der Waals surface area contributed by atoms with E-state index in [1.54, 1.807) is 42.9 Å². The van der Waals surface area contributed by atoms with Crippen LogP contribution in [0.3, 0.4) is 0 Å². The normalized spacial score (nSPS) is 11.8. The van der Waals surface area contributed by atoms with E-state index in [4.69, 9.17) is 0 Å². The molecule has 0 saturated carbocycles. The number of aryl methyl sites for hydroxylation is 1. The minimum absolute atomic E-state index is 0.264. The average molecular weight is 381 g/mol. The van der Waals surface area contributed by atoms with Crippen molar-refractivity contribution in [1.29, 1.82) is 0 Å². The number of nitrogens with zero attached hydrogens (tertiary/aromatic N) is 3. The number of hydrogen-bond donors (Lipinski definition) is 0. The molecule has 0 unspecified atom stereocenters. The van der Waals surface area contributed by atoms with Gasteiger partial charge in [0, 0.05) is 17.5 Å². The summed E-state index contributed by atoms with van der Waals surface area (Å²) in [6.45, 7) is 1.84. The van der Waals surface area contributed by atoms with Crippen LogP contribution in [-0.4, -0.2) is 29.2 Å². The van der Waals surface area contributed by atoms with Crippen molar-refractivity contribution in [2.45, 2.75) is 11.8 Å². The van der Waals surface area contributed by atoms with Gasteiger partial charge in [-0.3, -0.25) is 9.55 Å². The Labute approximate surface area is 156 Å². The number of benzene rings is 2. The van der Waals surface area contributed by atoms with E-state index in [1.165, 1.54) is 18.4 Å². The molecular weight excluding hydrogens is 365 g/mol. The first kappa shape index (κ1) is 17.4. The summed E-state index contributed by atoms with van der Waals surface area (Å²) in [7, 11) is -3.25. The third-order valence-corrected chi connectivity index (χ3v) is 5.57. The lowest BCUT2D eigenvalue weighted by molar-refractivity contribution is 0.602. The standard InChI is InChI=1S/C20H16FN3O2S/c1-13-9-14(21)3-8-17(13)18-10-20-19(11-22-18)23-12-24(20)15-4-6-16(7-5-15)27(2,25)26/h3-12H,1-2H3. The van der Waals surface area contributed by atoms with Crippen LogP contribution in [0.4, 0.5) is 4.39 Å². The summed E-state index contributed by atoms with van der Waals surface area (Å²) in [6, 6.07) is 13.1. The molecule has 2 aromatic carbocycles. The lowest BCUT2D eigenvalue weighted by Gasteiger charge is -2.08. The Morgan fingerprint density at radius 3 is 2.41 bits per heavy atom. The van der Waals surface area contributed by atoms with Gasteiger partial charge >= 0.3 is 0 Å². The van der Waals surface area contributed by atoms with Crippen molar-refractivity contribution >= 4 is 20.9 Å². The minimum Gasteiger partial charge on any atom is -0.299 e. The molecule has 2 aromatic heterocycles. The molecule has 27 heavy (non-hydrogen) atoms. The molecule has 0 atom stereocenters. The summed E-state index contributed by atoms with van der Waals surface area (Å²) in [5.41, 5.74) is 4.69. The number of fused-ring (bicyclic) bond motifs is 1. The molecule has 0 radical (unpaired) electrons. The van der Waals surface area contributed by atoms with Crippen molar-refractivity contribution in [3.8, 4) is 16.9 Å². The first-order valence-electron chi connectivity index (χ1n) is 8.23. The number of pyridine rings is 1. The second kappa shape index (κ2) is 6.28. The first-order valence-corrected chi connectivity index (χ1v) is 10.1. The van der Waals surface area contributed by atoms with E-state index < -0.39 is 9.84 Å². The molecular formula is C20H16FN3O2S. The Morgan fingerprint density at radius 1 is 1.00 bits per heavy atom. The number of rotatable bonds is 3. The lowest BCUT2D eigenvalue weighted by atomic mass is 10.0.